The molecule has 10 heteroatoms. The molecule has 4 heterocycles. The smallest absolute Gasteiger partial charge is 0.410 e. The van der Waals surface area contributed by atoms with Gasteiger partial charge in [0.1, 0.15) is 11.2 Å². The monoisotopic (exact) mass is 435 g/mol. The molecule has 0 saturated heterocycles. The minimum absolute atomic E-state index is 0.151. The third-order valence-corrected chi connectivity index (χ3v) is 6.64. The Balaban J connectivity index is 1.44. The Morgan fingerprint density at radius 3 is 2.93 bits per heavy atom. The van der Waals surface area contributed by atoms with E-state index in [1.54, 1.807) is 24.0 Å². The molecule has 0 fully saturated rings. The molecule has 0 saturated carbocycles. The molecular weight excluding hydrogens is 418 g/mol. The fourth-order valence-corrected chi connectivity index (χ4v) is 5.35. The minimum atomic E-state index is -0.488. The van der Waals surface area contributed by atoms with E-state index in [4.69, 9.17) is 25.8 Å². The zero-order valence-corrected chi connectivity index (χ0v) is 17.1. The van der Waals surface area contributed by atoms with E-state index in [1.807, 2.05) is 0 Å². The van der Waals surface area contributed by atoms with Crippen molar-refractivity contribution in [1.82, 2.24) is 10.2 Å². The molecule has 1 atom stereocenters. The Morgan fingerprint density at radius 2 is 2.14 bits per heavy atom. The summed E-state index contributed by atoms with van der Waals surface area (Å²) in [5, 5.41) is 7.61. The van der Waals surface area contributed by atoms with Crippen molar-refractivity contribution in [2.75, 3.05) is 25.3 Å². The fourth-order valence-electron chi connectivity index (χ4n) is 3.80. The van der Waals surface area contributed by atoms with Crippen LogP contribution >= 0.6 is 22.9 Å². The van der Waals surface area contributed by atoms with Gasteiger partial charge in [0, 0.05) is 23.1 Å². The van der Waals surface area contributed by atoms with Crippen molar-refractivity contribution in [3.8, 4) is 11.5 Å². The second-order valence-corrected chi connectivity index (χ2v) is 8.37. The van der Waals surface area contributed by atoms with Crippen molar-refractivity contribution in [3.05, 3.63) is 38.7 Å². The minimum Gasteiger partial charge on any atom is -0.454 e. The van der Waals surface area contributed by atoms with Crippen molar-refractivity contribution in [2.24, 2.45) is 0 Å². The number of benzene rings is 1. The normalized spacial score (nSPS) is 19.2. The number of thiophene rings is 1. The highest BCUT2D eigenvalue weighted by molar-refractivity contribution is 7.16. The molecule has 1 aromatic heterocycles. The predicted molar refractivity (Wildman–Crippen MR) is 107 cm³/mol. The summed E-state index contributed by atoms with van der Waals surface area (Å²) < 4.78 is 15.9. The van der Waals surface area contributed by atoms with E-state index in [0.717, 1.165) is 15.4 Å². The number of nitrogens with zero attached hydrogens (tertiary/aromatic N) is 1. The topological polar surface area (TPSA) is 89.1 Å². The molecule has 0 spiro atoms. The van der Waals surface area contributed by atoms with Gasteiger partial charge >= 0.3 is 6.09 Å². The SMILES string of the molecule is CCOC(=O)N1CCc2c(sc3c2C(=O)N[C@@H](c2cc4c(cc2Cl)OCO4)N3)C1. The summed E-state index contributed by atoms with van der Waals surface area (Å²) in [6.45, 7) is 3.24. The first-order valence-electron chi connectivity index (χ1n) is 9.27. The van der Waals surface area contributed by atoms with E-state index >= 15 is 0 Å². The summed E-state index contributed by atoms with van der Waals surface area (Å²) in [6.07, 6.45) is -0.199. The van der Waals surface area contributed by atoms with Gasteiger partial charge in [0.15, 0.2) is 11.5 Å². The van der Waals surface area contributed by atoms with Gasteiger partial charge in [-0.3, -0.25) is 4.79 Å². The number of carbonyl (C=O) groups excluding carboxylic acids is 2. The second-order valence-electron chi connectivity index (χ2n) is 6.86. The number of hydrogen-bond donors (Lipinski definition) is 2. The lowest BCUT2D eigenvalue weighted by atomic mass is 10.0. The summed E-state index contributed by atoms with van der Waals surface area (Å²) in [7, 11) is 0. The van der Waals surface area contributed by atoms with Crippen molar-refractivity contribution in [1.29, 1.82) is 0 Å². The van der Waals surface area contributed by atoms with Crippen LogP contribution in [0.4, 0.5) is 9.80 Å². The van der Waals surface area contributed by atoms with Crippen molar-refractivity contribution >= 4 is 39.9 Å². The van der Waals surface area contributed by atoms with Crippen LogP contribution in [0, 0.1) is 0 Å². The zero-order valence-electron chi connectivity index (χ0n) is 15.5. The first-order chi connectivity index (χ1) is 14.0. The molecule has 8 nitrogen and oxygen atoms in total. The van der Waals surface area contributed by atoms with Crippen LogP contribution in [-0.4, -0.2) is 36.8 Å². The molecule has 0 unspecified atom stereocenters. The Bertz CT molecular complexity index is 1020. The van der Waals surface area contributed by atoms with Gasteiger partial charge in [-0.05, 0) is 25.0 Å². The van der Waals surface area contributed by atoms with Crippen LogP contribution in [0.3, 0.4) is 0 Å². The van der Waals surface area contributed by atoms with Gasteiger partial charge in [0.25, 0.3) is 5.91 Å². The number of fused-ring (bicyclic) bond motifs is 4. The molecule has 3 aliphatic heterocycles. The zero-order chi connectivity index (χ0) is 20.1. The van der Waals surface area contributed by atoms with Gasteiger partial charge < -0.3 is 29.7 Å². The van der Waals surface area contributed by atoms with Crippen LogP contribution in [0.2, 0.25) is 5.02 Å². The average Bonchev–Trinajstić information content (AvgIpc) is 3.30. The summed E-state index contributed by atoms with van der Waals surface area (Å²) in [6, 6.07) is 3.48. The van der Waals surface area contributed by atoms with Crippen LogP contribution < -0.4 is 20.1 Å². The first kappa shape index (κ1) is 18.4. The van der Waals surface area contributed by atoms with E-state index < -0.39 is 6.17 Å². The number of halogens is 1. The molecule has 0 radical (unpaired) electrons. The molecule has 5 rings (SSSR count). The molecule has 29 heavy (non-hydrogen) atoms. The number of nitrogens with one attached hydrogen (secondary N) is 2. The summed E-state index contributed by atoms with van der Waals surface area (Å²) in [5.41, 5.74) is 2.35. The highest BCUT2D eigenvalue weighted by Crippen LogP contribution is 2.44. The molecular formula is C19H18ClN3O5S. The van der Waals surface area contributed by atoms with Crippen LogP contribution in [0.1, 0.15) is 39.5 Å². The largest absolute Gasteiger partial charge is 0.454 e. The third-order valence-electron chi connectivity index (χ3n) is 5.16. The molecule has 0 aliphatic carbocycles. The van der Waals surface area contributed by atoms with Gasteiger partial charge in [0.05, 0.1) is 23.7 Å². The standard InChI is InChI=1S/C19H18ClN3O5S/c1-2-26-19(25)23-4-3-9-14(7-23)29-18-15(9)17(24)21-16(22-18)10-5-12-13(6-11(10)20)28-8-27-12/h5-6,16,22H,2-4,7-8H2,1H3,(H,21,24)/t16-/m1/s1. The number of amides is 2. The Labute approximate surface area is 175 Å². The molecule has 152 valence electrons. The van der Waals surface area contributed by atoms with Gasteiger partial charge in [-0.15, -0.1) is 11.3 Å². The summed E-state index contributed by atoms with van der Waals surface area (Å²) in [5.74, 6) is 1.04. The molecule has 1 aromatic carbocycles. The van der Waals surface area contributed by atoms with Gasteiger partial charge in [-0.25, -0.2) is 4.79 Å². The third kappa shape index (κ3) is 3.05. The number of carbonyl (C=O) groups is 2. The molecule has 2 amide bonds. The second kappa shape index (κ2) is 7.00. The van der Waals surface area contributed by atoms with Gasteiger partial charge in [-0.1, -0.05) is 11.6 Å². The highest BCUT2D eigenvalue weighted by Gasteiger charge is 2.35. The van der Waals surface area contributed by atoms with Crippen molar-refractivity contribution < 1.29 is 23.8 Å². The van der Waals surface area contributed by atoms with E-state index in [9.17, 15) is 9.59 Å². The van der Waals surface area contributed by atoms with Crippen LogP contribution in [0.5, 0.6) is 11.5 Å². The maximum absolute atomic E-state index is 12.9. The Hall–Kier alpha value is -2.65. The predicted octanol–water partition coefficient (Wildman–Crippen LogP) is 3.50. The Kier molecular flexibility index (Phi) is 4.44. The van der Waals surface area contributed by atoms with E-state index in [2.05, 4.69) is 10.6 Å². The Morgan fingerprint density at radius 1 is 1.34 bits per heavy atom. The number of hydrogen-bond acceptors (Lipinski definition) is 7. The lowest BCUT2D eigenvalue weighted by molar-refractivity contribution is 0.0934. The van der Waals surface area contributed by atoms with Gasteiger partial charge in [0.2, 0.25) is 6.79 Å². The van der Waals surface area contributed by atoms with E-state index in [1.165, 1.54) is 11.3 Å². The maximum atomic E-state index is 12.9. The fraction of sp³-hybridized carbons (Fsp3) is 0.368. The van der Waals surface area contributed by atoms with Crippen LogP contribution in [-0.2, 0) is 17.7 Å². The highest BCUT2D eigenvalue weighted by atomic mass is 35.5. The first-order valence-corrected chi connectivity index (χ1v) is 10.5. The quantitative estimate of drug-likeness (QED) is 0.750. The average molecular weight is 436 g/mol. The van der Waals surface area contributed by atoms with Crippen molar-refractivity contribution in [2.45, 2.75) is 26.1 Å². The molecule has 0 bridgehead atoms. The van der Waals surface area contributed by atoms with Gasteiger partial charge in [-0.2, -0.15) is 0 Å². The number of anilines is 1. The summed E-state index contributed by atoms with van der Waals surface area (Å²) in [4.78, 5) is 27.6. The van der Waals surface area contributed by atoms with E-state index in [-0.39, 0.29) is 18.8 Å². The van der Waals surface area contributed by atoms with Crippen LogP contribution in [0.15, 0.2) is 12.1 Å². The molecule has 2 aromatic rings. The number of rotatable bonds is 2. The summed E-state index contributed by atoms with van der Waals surface area (Å²) >= 11 is 7.91. The van der Waals surface area contributed by atoms with Crippen molar-refractivity contribution in [3.63, 3.8) is 0 Å². The molecule has 2 N–H and O–H groups in total. The van der Waals surface area contributed by atoms with Crippen LogP contribution in [0.25, 0.3) is 0 Å². The molecule has 3 aliphatic rings. The number of ether oxygens (including phenoxy) is 3. The van der Waals surface area contributed by atoms with E-state index in [0.29, 0.717) is 53.8 Å². The lowest BCUT2D eigenvalue weighted by Gasteiger charge is -2.28. The maximum Gasteiger partial charge on any atom is 0.410 e. The lowest BCUT2D eigenvalue weighted by Crippen LogP contribution is -2.39.